The summed E-state index contributed by atoms with van der Waals surface area (Å²) in [5, 5.41) is 3.31. The highest BCUT2D eigenvalue weighted by Crippen LogP contribution is 2.34. The summed E-state index contributed by atoms with van der Waals surface area (Å²) < 4.78 is 15.9. The minimum absolute atomic E-state index is 0.0389. The van der Waals surface area contributed by atoms with Gasteiger partial charge in [0.25, 0.3) is 5.91 Å². The molecule has 1 fully saturated rings. The van der Waals surface area contributed by atoms with Gasteiger partial charge >= 0.3 is 0 Å². The third kappa shape index (κ3) is 3.63. The normalized spacial score (nSPS) is 17.3. The zero-order valence-corrected chi connectivity index (χ0v) is 17.4. The Labute approximate surface area is 179 Å². The summed E-state index contributed by atoms with van der Waals surface area (Å²) in [6.07, 6.45) is 0.0389. The van der Waals surface area contributed by atoms with Crippen molar-refractivity contribution in [3.05, 3.63) is 48.0 Å². The third-order valence-electron chi connectivity index (χ3n) is 5.09. The molecule has 0 spiro atoms. The first kappa shape index (κ1) is 20.0. The largest absolute Gasteiger partial charge is 0.497 e. The van der Waals surface area contributed by atoms with Crippen LogP contribution in [0.15, 0.2) is 42.5 Å². The minimum atomic E-state index is -0.704. The molecule has 2 heterocycles. The van der Waals surface area contributed by atoms with E-state index in [-0.39, 0.29) is 25.0 Å². The van der Waals surface area contributed by atoms with Gasteiger partial charge in [-0.3, -0.25) is 9.59 Å². The Kier molecular flexibility index (Phi) is 5.45. The summed E-state index contributed by atoms with van der Waals surface area (Å²) in [5.41, 5.74) is 1.40. The maximum absolute atomic E-state index is 13.2. The molecule has 0 aliphatic carbocycles. The molecule has 30 heavy (non-hydrogen) atoms. The maximum atomic E-state index is 13.2. The number of amides is 2. The molecule has 1 atom stereocenters. The number of methoxy groups -OCH3 is 1. The van der Waals surface area contributed by atoms with Gasteiger partial charge in [-0.1, -0.05) is 6.07 Å². The van der Waals surface area contributed by atoms with Crippen molar-refractivity contribution in [1.82, 2.24) is 10.2 Å². The predicted octanol–water partition coefficient (Wildman–Crippen LogP) is 2.06. The number of carbonyl (C=O) groups excluding carboxylic acids is 2. The van der Waals surface area contributed by atoms with Crippen LogP contribution in [0.25, 0.3) is 0 Å². The zero-order chi connectivity index (χ0) is 21.3. The molecule has 0 unspecified atom stereocenters. The number of rotatable bonds is 5. The van der Waals surface area contributed by atoms with Crippen molar-refractivity contribution in [1.29, 1.82) is 0 Å². The van der Waals surface area contributed by atoms with E-state index in [0.717, 1.165) is 5.56 Å². The predicted molar refractivity (Wildman–Crippen MR) is 114 cm³/mol. The average Bonchev–Trinajstić information content (AvgIpc) is 3.35. The topological polar surface area (TPSA) is 80.3 Å². The fraction of sp³-hybridized carbons (Fsp3) is 0.286. The number of nitrogens with zero attached hydrogens (tertiary/aromatic N) is 2. The van der Waals surface area contributed by atoms with Gasteiger partial charge in [0.2, 0.25) is 12.7 Å². The van der Waals surface area contributed by atoms with Gasteiger partial charge in [0.1, 0.15) is 11.8 Å². The van der Waals surface area contributed by atoms with Gasteiger partial charge in [0.05, 0.1) is 19.2 Å². The summed E-state index contributed by atoms with van der Waals surface area (Å²) >= 11 is 5.45. The fourth-order valence-electron chi connectivity index (χ4n) is 3.57. The van der Waals surface area contributed by atoms with E-state index >= 15 is 0 Å². The molecule has 2 aromatic rings. The van der Waals surface area contributed by atoms with E-state index in [2.05, 4.69) is 5.32 Å². The molecule has 1 N–H and O–H groups in total. The van der Waals surface area contributed by atoms with Crippen LogP contribution >= 0.6 is 12.2 Å². The van der Waals surface area contributed by atoms with E-state index in [1.807, 2.05) is 18.2 Å². The summed E-state index contributed by atoms with van der Waals surface area (Å²) in [5.74, 6) is 1.39. The Balaban J connectivity index is 1.59. The Morgan fingerprint density at radius 2 is 1.93 bits per heavy atom. The van der Waals surface area contributed by atoms with E-state index in [4.69, 9.17) is 26.4 Å². The van der Waals surface area contributed by atoms with Crippen LogP contribution in [0.1, 0.15) is 12.0 Å². The molecule has 8 nitrogen and oxygen atoms in total. The van der Waals surface area contributed by atoms with E-state index < -0.39 is 6.04 Å². The van der Waals surface area contributed by atoms with E-state index in [0.29, 0.717) is 34.6 Å². The Morgan fingerprint density at radius 1 is 1.20 bits per heavy atom. The van der Waals surface area contributed by atoms with E-state index in [9.17, 15) is 9.59 Å². The minimum Gasteiger partial charge on any atom is -0.497 e. The maximum Gasteiger partial charge on any atom is 0.257 e. The lowest BCUT2D eigenvalue weighted by Gasteiger charge is -2.29. The number of imide groups is 1. The molecule has 2 aromatic carbocycles. The molecule has 0 aromatic heterocycles. The lowest BCUT2D eigenvalue weighted by molar-refractivity contribution is -0.122. The SMILES string of the molecule is CNC(=S)N(Cc1ccc2c(c1)OCO2)[C@@H]1CC(=O)N(c2ccc(OC)cc2)C1=O. The van der Waals surface area contributed by atoms with Crippen molar-refractivity contribution in [3.63, 3.8) is 0 Å². The number of hydrogen-bond acceptors (Lipinski definition) is 6. The highest BCUT2D eigenvalue weighted by atomic mass is 32.1. The van der Waals surface area contributed by atoms with Crippen LogP contribution in [0, 0.1) is 0 Å². The number of fused-ring (bicyclic) bond motifs is 1. The molecule has 156 valence electrons. The molecular weight excluding hydrogens is 406 g/mol. The van der Waals surface area contributed by atoms with Crippen molar-refractivity contribution in [3.8, 4) is 17.2 Å². The molecule has 0 bridgehead atoms. The second kappa shape index (κ2) is 8.19. The van der Waals surface area contributed by atoms with Crippen LogP contribution in [-0.2, 0) is 16.1 Å². The average molecular weight is 427 g/mol. The van der Waals surface area contributed by atoms with Crippen LogP contribution in [0.2, 0.25) is 0 Å². The zero-order valence-electron chi connectivity index (χ0n) is 16.6. The van der Waals surface area contributed by atoms with Gasteiger partial charge in [0.15, 0.2) is 16.6 Å². The second-order valence-corrected chi connectivity index (χ2v) is 7.24. The number of anilines is 1. The van der Waals surface area contributed by atoms with Gasteiger partial charge in [-0.25, -0.2) is 4.90 Å². The summed E-state index contributed by atoms with van der Waals surface area (Å²) in [4.78, 5) is 28.9. The van der Waals surface area contributed by atoms with Gasteiger partial charge in [-0.15, -0.1) is 0 Å². The second-order valence-electron chi connectivity index (χ2n) is 6.86. The first-order chi connectivity index (χ1) is 14.5. The molecule has 2 aliphatic heterocycles. The van der Waals surface area contributed by atoms with Crippen molar-refractivity contribution >= 4 is 34.8 Å². The van der Waals surface area contributed by atoms with Crippen LogP contribution < -0.4 is 24.4 Å². The Morgan fingerprint density at radius 3 is 2.63 bits per heavy atom. The summed E-state index contributed by atoms with van der Waals surface area (Å²) in [6.45, 7) is 0.528. The lowest BCUT2D eigenvalue weighted by atomic mass is 10.1. The monoisotopic (exact) mass is 427 g/mol. The molecule has 4 rings (SSSR count). The Bertz CT molecular complexity index is 995. The van der Waals surface area contributed by atoms with E-state index in [1.165, 1.54) is 4.90 Å². The lowest BCUT2D eigenvalue weighted by Crippen LogP contribution is -2.48. The smallest absolute Gasteiger partial charge is 0.257 e. The van der Waals surface area contributed by atoms with Gasteiger partial charge in [0, 0.05) is 13.6 Å². The van der Waals surface area contributed by atoms with Gasteiger partial charge in [-0.05, 0) is 54.2 Å². The van der Waals surface area contributed by atoms with Crippen LogP contribution in [-0.4, -0.2) is 48.8 Å². The molecule has 9 heteroatoms. The number of ether oxygens (including phenoxy) is 3. The van der Waals surface area contributed by atoms with Crippen molar-refractivity contribution in [2.24, 2.45) is 0 Å². The number of thiocarbonyl (C=S) groups is 1. The number of carbonyl (C=O) groups is 2. The molecule has 2 aliphatic rings. The van der Waals surface area contributed by atoms with E-state index in [1.54, 1.807) is 43.3 Å². The summed E-state index contributed by atoms with van der Waals surface area (Å²) in [6, 6.07) is 11.7. The van der Waals surface area contributed by atoms with Crippen LogP contribution in [0.3, 0.4) is 0 Å². The van der Waals surface area contributed by atoms with Crippen molar-refractivity contribution < 1.29 is 23.8 Å². The Hall–Kier alpha value is -3.33. The van der Waals surface area contributed by atoms with Gasteiger partial charge < -0.3 is 24.4 Å². The highest BCUT2D eigenvalue weighted by Gasteiger charge is 2.43. The highest BCUT2D eigenvalue weighted by molar-refractivity contribution is 7.80. The molecule has 0 radical (unpaired) electrons. The quantitative estimate of drug-likeness (QED) is 0.574. The molecule has 1 saturated heterocycles. The van der Waals surface area contributed by atoms with Crippen molar-refractivity contribution in [2.75, 3.05) is 25.9 Å². The summed E-state index contributed by atoms with van der Waals surface area (Å²) in [7, 11) is 3.25. The first-order valence-corrected chi connectivity index (χ1v) is 9.80. The third-order valence-corrected chi connectivity index (χ3v) is 5.53. The number of hydrogen-bond donors (Lipinski definition) is 1. The molecule has 0 saturated carbocycles. The van der Waals surface area contributed by atoms with Crippen molar-refractivity contribution in [2.45, 2.75) is 19.0 Å². The fourth-order valence-corrected chi connectivity index (χ4v) is 3.76. The van der Waals surface area contributed by atoms with Crippen LogP contribution in [0.5, 0.6) is 17.2 Å². The molecule has 2 amide bonds. The number of nitrogens with one attached hydrogen (secondary N) is 1. The standard InChI is InChI=1S/C21H21N3O5S/c1-22-21(30)23(11-13-3-8-17-18(9-13)29-12-28-17)16-10-19(25)24(20(16)26)14-4-6-15(27-2)7-5-14/h3-9,16H,10-12H2,1-2H3,(H,22,30)/t16-/m1/s1. The van der Waals surface area contributed by atoms with Gasteiger partial charge in [-0.2, -0.15) is 0 Å². The number of benzene rings is 2. The molecular formula is C21H21N3O5S. The van der Waals surface area contributed by atoms with Crippen LogP contribution in [0.4, 0.5) is 5.69 Å². The first-order valence-electron chi connectivity index (χ1n) is 9.39.